The van der Waals surface area contributed by atoms with Gasteiger partial charge in [-0.25, -0.2) is 4.98 Å². The number of oxazole rings is 1. The first kappa shape index (κ1) is 12.2. The van der Waals surface area contributed by atoms with Crippen molar-refractivity contribution in [2.75, 3.05) is 0 Å². The lowest BCUT2D eigenvalue weighted by molar-refractivity contribution is 0.454. The third kappa shape index (κ3) is 2.34. The van der Waals surface area contributed by atoms with Gasteiger partial charge in [0.05, 0.1) is 11.2 Å². The van der Waals surface area contributed by atoms with Crippen molar-refractivity contribution < 1.29 is 4.42 Å². The third-order valence-corrected chi connectivity index (χ3v) is 3.86. The zero-order valence-corrected chi connectivity index (χ0v) is 11.3. The van der Waals surface area contributed by atoms with Crippen LogP contribution in [0.15, 0.2) is 51.3 Å². The highest BCUT2D eigenvalue weighted by Gasteiger charge is 2.12. The molecule has 0 saturated carbocycles. The molecule has 0 aliphatic carbocycles. The highest BCUT2D eigenvalue weighted by molar-refractivity contribution is 7.99. The number of nitrogens with two attached hydrogens (primary N) is 1. The number of hydrogen-bond acceptors (Lipinski definition) is 5. The molecule has 0 aliphatic rings. The smallest absolute Gasteiger partial charge is 0.260 e. The molecule has 0 atom stereocenters. The first-order valence-corrected chi connectivity index (χ1v) is 6.76. The van der Waals surface area contributed by atoms with Gasteiger partial charge in [-0.3, -0.25) is 4.98 Å². The number of fused-ring (bicyclic) bond motifs is 1. The average molecular weight is 271 g/mol. The van der Waals surface area contributed by atoms with E-state index < -0.39 is 0 Å². The molecule has 0 saturated heterocycles. The van der Waals surface area contributed by atoms with Crippen LogP contribution in [0.3, 0.4) is 0 Å². The molecule has 19 heavy (non-hydrogen) atoms. The van der Waals surface area contributed by atoms with Gasteiger partial charge in [-0.2, -0.15) is 0 Å². The van der Waals surface area contributed by atoms with E-state index in [1.165, 1.54) is 11.8 Å². The summed E-state index contributed by atoms with van der Waals surface area (Å²) in [5.41, 5.74) is 8.62. The predicted molar refractivity (Wildman–Crippen MR) is 75.0 cm³/mol. The molecule has 96 valence electrons. The summed E-state index contributed by atoms with van der Waals surface area (Å²) in [4.78, 5) is 9.80. The van der Waals surface area contributed by atoms with Crippen molar-refractivity contribution in [1.82, 2.24) is 9.97 Å². The molecular weight excluding hydrogens is 258 g/mol. The lowest BCUT2D eigenvalue weighted by Crippen LogP contribution is -2.00. The molecule has 0 radical (unpaired) electrons. The second-order valence-corrected chi connectivity index (χ2v) is 5.15. The summed E-state index contributed by atoms with van der Waals surface area (Å²) in [7, 11) is 0. The Kier molecular flexibility index (Phi) is 3.23. The lowest BCUT2D eigenvalue weighted by atomic mass is 10.1. The molecular formula is C14H13N3OS. The SMILES string of the molecule is Cc1coc(Sc2c(CN)cnc3ccccc23)n1. The molecule has 2 N–H and O–H groups in total. The van der Waals surface area contributed by atoms with Gasteiger partial charge in [-0.05, 0) is 30.3 Å². The fraction of sp³-hybridized carbons (Fsp3) is 0.143. The Labute approximate surface area is 115 Å². The van der Waals surface area contributed by atoms with Crippen molar-refractivity contribution in [3.63, 3.8) is 0 Å². The molecule has 0 fully saturated rings. The van der Waals surface area contributed by atoms with Gasteiger partial charge in [0.1, 0.15) is 6.26 Å². The van der Waals surface area contributed by atoms with Gasteiger partial charge in [0.2, 0.25) is 0 Å². The Morgan fingerprint density at radius 1 is 1.32 bits per heavy atom. The van der Waals surface area contributed by atoms with Gasteiger partial charge in [0.25, 0.3) is 5.22 Å². The highest BCUT2D eigenvalue weighted by atomic mass is 32.2. The second-order valence-electron chi connectivity index (χ2n) is 4.19. The largest absolute Gasteiger partial charge is 0.439 e. The van der Waals surface area contributed by atoms with Crippen molar-refractivity contribution in [2.45, 2.75) is 23.6 Å². The van der Waals surface area contributed by atoms with Gasteiger partial charge in [0.15, 0.2) is 0 Å². The summed E-state index contributed by atoms with van der Waals surface area (Å²) >= 11 is 1.49. The van der Waals surface area contributed by atoms with Crippen molar-refractivity contribution in [1.29, 1.82) is 0 Å². The Hall–Kier alpha value is -1.85. The number of rotatable bonds is 3. The van der Waals surface area contributed by atoms with Gasteiger partial charge in [-0.15, -0.1) is 0 Å². The number of benzene rings is 1. The van der Waals surface area contributed by atoms with E-state index in [2.05, 4.69) is 9.97 Å². The van der Waals surface area contributed by atoms with Crippen LogP contribution >= 0.6 is 11.8 Å². The molecule has 4 nitrogen and oxygen atoms in total. The van der Waals surface area contributed by atoms with E-state index in [1.807, 2.05) is 37.4 Å². The minimum atomic E-state index is 0.444. The van der Waals surface area contributed by atoms with E-state index in [0.717, 1.165) is 27.1 Å². The quantitative estimate of drug-likeness (QED) is 0.792. The number of hydrogen-bond donors (Lipinski definition) is 1. The number of para-hydroxylation sites is 1. The van der Waals surface area contributed by atoms with E-state index in [4.69, 9.17) is 10.2 Å². The molecule has 0 bridgehead atoms. The number of pyridine rings is 1. The van der Waals surface area contributed by atoms with Crippen molar-refractivity contribution in [3.8, 4) is 0 Å². The van der Waals surface area contributed by atoms with Crippen LogP contribution in [-0.2, 0) is 6.54 Å². The molecule has 0 aliphatic heterocycles. The fourth-order valence-electron chi connectivity index (χ4n) is 1.89. The molecule has 3 rings (SSSR count). The van der Waals surface area contributed by atoms with Crippen LogP contribution in [0.1, 0.15) is 11.3 Å². The minimum Gasteiger partial charge on any atom is -0.439 e. The normalized spacial score (nSPS) is 11.1. The van der Waals surface area contributed by atoms with E-state index in [-0.39, 0.29) is 0 Å². The Bertz CT molecular complexity index is 724. The Morgan fingerprint density at radius 3 is 2.89 bits per heavy atom. The molecule has 2 heterocycles. The molecule has 3 aromatic rings. The second kappa shape index (κ2) is 5.03. The Balaban J connectivity index is 2.14. The maximum Gasteiger partial charge on any atom is 0.260 e. The summed E-state index contributed by atoms with van der Waals surface area (Å²) in [6.45, 7) is 2.35. The van der Waals surface area contributed by atoms with E-state index in [9.17, 15) is 0 Å². The maximum absolute atomic E-state index is 5.80. The Morgan fingerprint density at radius 2 is 2.16 bits per heavy atom. The van der Waals surface area contributed by atoms with Crippen LogP contribution in [0.25, 0.3) is 10.9 Å². The molecule has 0 unspecified atom stereocenters. The van der Waals surface area contributed by atoms with Gasteiger partial charge >= 0.3 is 0 Å². The van der Waals surface area contributed by atoms with Crippen LogP contribution in [0, 0.1) is 6.92 Å². The van der Waals surface area contributed by atoms with Crippen molar-refractivity contribution in [3.05, 3.63) is 48.0 Å². The maximum atomic E-state index is 5.80. The zero-order valence-electron chi connectivity index (χ0n) is 10.5. The van der Waals surface area contributed by atoms with Crippen LogP contribution in [-0.4, -0.2) is 9.97 Å². The molecule has 0 spiro atoms. The highest BCUT2D eigenvalue weighted by Crippen LogP contribution is 2.34. The van der Waals surface area contributed by atoms with Crippen LogP contribution in [0.4, 0.5) is 0 Å². The van der Waals surface area contributed by atoms with E-state index >= 15 is 0 Å². The monoisotopic (exact) mass is 271 g/mol. The standard InChI is InChI=1S/C14H13N3OS/c1-9-8-18-14(17-9)19-13-10(6-15)7-16-12-5-3-2-4-11(12)13/h2-5,7-8H,6,15H2,1H3. The van der Waals surface area contributed by atoms with Crippen molar-refractivity contribution >= 4 is 22.7 Å². The fourth-order valence-corrected chi connectivity index (χ4v) is 2.90. The summed E-state index contributed by atoms with van der Waals surface area (Å²) < 4.78 is 5.41. The zero-order chi connectivity index (χ0) is 13.2. The van der Waals surface area contributed by atoms with E-state index in [1.54, 1.807) is 6.26 Å². The van der Waals surface area contributed by atoms with Gasteiger partial charge in [0, 0.05) is 23.0 Å². The third-order valence-electron chi connectivity index (χ3n) is 2.81. The molecule has 5 heteroatoms. The number of aromatic nitrogens is 2. The molecule has 2 aromatic heterocycles. The van der Waals surface area contributed by atoms with Crippen LogP contribution < -0.4 is 5.73 Å². The number of nitrogens with zero attached hydrogens (tertiary/aromatic N) is 2. The topological polar surface area (TPSA) is 64.9 Å². The van der Waals surface area contributed by atoms with Crippen LogP contribution in [0.5, 0.6) is 0 Å². The average Bonchev–Trinajstić information content (AvgIpc) is 2.85. The number of aryl methyl sites for hydroxylation is 1. The van der Waals surface area contributed by atoms with Gasteiger partial charge < -0.3 is 10.2 Å². The molecule has 1 aromatic carbocycles. The van der Waals surface area contributed by atoms with Crippen LogP contribution in [0.2, 0.25) is 0 Å². The summed E-state index contributed by atoms with van der Waals surface area (Å²) in [5, 5.41) is 1.70. The van der Waals surface area contributed by atoms with Crippen molar-refractivity contribution in [2.24, 2.45) is 5.73 Å². The lowest BCUT2D eigenvalue weighted by Gasteiger charge is -2.08. The summed E-state index contributed by atoms with van der Waals surface area (Å²) in [5.74, 6) is 0. The van der Waals surface area contributed by atoms with E-state index in [0.29, 0.717) is 11.8 Å². The summed E-state index contributed by atoms with van der Waals surface area (Å²) in [6.07, 6.45) is 3.47. The predicted octanol–water partition coefficient (Wildman–Crippen LogP) is 3.14. The summed E-state index contributed by atoms with van der Waals surface area (Å²) in [6, 6.07) is 8.00. The minimum absolute atomic E-state index is 0.444. The first-order valence-electron chi connectivity index (χ1n) is 5.94. The molecule has 0 amide bonds. The van der Waals surface area contributed by atoms with Gasteiger partial charge in [-0.1, -0.05) is 18.2 Å². The first-order chi connectivity index (χ1) is 9.28.